The summed E-state index contributed by atoms with van der Waals surface area (Å²) in [5, 5.41) is 15.2. The minimum atomic E-state index is -1.24. The predicted octanol–water partition coefficient (Wildman–Crippen LogP) is 3.64. The van der Waals surface area contributed by atoms with Gasteiger partial charge in [-0.2, -0.15) is 0 Å². The maximum absolute atomic E-state index is 15.0. The Morgan fingerprint density at radius 2 is 2.09 bits per heavy atom. The van der Waals surface area contributed by atoms with E-state index >= 15 is 0 Å². The Bertz CT molecular complexity index is 1270. The molecule has 2 atom stereocenters. The third-order valence-corrected chi connectivity index (χ3v) is 6.43. The van der Waals surface area contributed by atoms with E-state index in [4.69, 9.17) is 25.1 Å². The van der Waals surface area contributed by atoms with Crippen molar-refractivity contribution in [2.75, 3.05) is 49.3 Å². The summed E-state index contributed by atoms with van der Waals surface area (Å²) < 4.78 is 31.0. The summed E-state index contributed by atoms with van der Waals surface area (Å²) in [5.41, 5.74) is 8.28. The number of nitrogens with one attached hydrogen (secondary N) is 2. The van der Waals surface area contributed by atoms with Gasteiger partial charge in [0.05, 0.1) is 25.0 Å². The molecular weight excluding hydrogens is 457 g/mol. The van der Waals surface area contributed by atoms with Crippen molar-refractivity contribution in [1.29, 1.82) is 0 Å². The summed E-state index contributed by atoms with van der Waals surface area (Å²) in [5.74, 6) is 0.760. The molecule has 0 bridgehead atoms. The fourth-order valence-electron chi connectivity index (χ4n) is 4.57. The van der Waals surface area contributed by atoms with Crippen LogP contribution in [-0.4, -0.2) is 60.2 Å². The van der Waals surface area contributed by atoms with Crippen LogP contribution in [0.25, 0.3) is 21.9 Å². The maximum atomic E-state index is 15.0. The van der Waals surface area contributed by atoms with Crippen molar-refractivity contribution in [2.45, 2.75) is 19.4 Å². The van der Waals surface area contributed by atoms with E-state index in [1.54, 1.807) is 12.3 Å². The summed E-state index contributed by atoms with van der Waals surface area (Å²) in [6.45, 7) is 5.73. The number of fused-ring (bicyclic) bond motifs is 3. The second kappa shape index (κ2) is 9.51. The quantitative estimate of drug-likeness (QED) is 0.402. The lowest BCUT2D eigenvalue weighted by Gasteiger charge is -2.22. The Kier molecular flexibility index (Phi) is 6.27. The van der Waals surface area contributed by atoms with Crippen LogP contribution < -0.4 is 21.1 Å². The third-order valence-electron chi connectivity index (χ3n) is 6.43. The van der Waals surface area contributed by atoms with Crippen LogP contribution in [0.4, 0.5) is 26.4 Å². The number of rotatable bonds is 2. The monoisotopic (exact) mass is 483 g/mol. The fraction of sp³-hybridized carbons (Fsp3) is 0.375. The number of halogens is 1. The third kappa shape index (κ3) is 4.52. The molecule has 2 fully saturated rings. The molecule has 3 aliphatic heterocycles. The standard InChI is InChI=1S/C18H16FN5O3.C6H10O2/c1-8-11(6-23-17-16(8)21-2-3-27-17)10-4-9-5-13(24-18(25)26)22-7-12(9)15(20)14(10)19;1-2-8-6-4-7-3-5(1)6/h4-7,21H,2-3,20H2,1H3,(H,22,24)(H,25,26);5-6H,1-4H2. The molecule has 3 aliphatic rings. The number of pyridine rings is 2. The molecule has 2 aromatic heterocycles. The van der Waals surface area contributed by atoms with Crippen molar-refractivity contribution < 1.29 is 28.5 Å². The topological polar surface area (TPSA) is 141 Å². The number of hydrogen-bond donors (Lipinski definition) is 4. The molecule has 5 N–H and O–H groups in total. The van der Waals surface area contributed by atoms with Crippen molar-refractivity contribution >= 4 is 34.1 Å². The normalized spacial score (nSPS) is 20.2. The molecule has 1 aromatic carbocycles. The molecule has 184 valence electrons. The molecule has 2 saturated heterocycles. The van der Waals surface area contributed by atoms with Crippen LogP contribution in [0.5, 0.6) is 5.88 Å². The van der Waals surface area contributed by atoms with Gasteiger partial charge in [-0.15, -0.1) is 0 Å². The lowest BCUT2D eigenvalue weighted by atomic mass is 9.97. The van der Waals surface area contributed by atoms with E-state index in [2.05, 4.69) is 20.6 Å². The van der Waals surface area contributed by atoms with Gasteiger partial charge in [0.2, 0.25) is 5.88 Å². The van der Waals surface area contributed by atoms with Gasteiger partial charge >= 0.3 is 6.09 Å². The highest BCUT2D eigenvalue weighted by Crippen LogP contribution is 2.39. The minimum Gasteiger partial charge on any atom is -0.474 e. The zero-order valence-corrected chi connectivity index (χ0v) is 19.1. The van der Waals surface area contributed by atoms with Crippen LogP contribution in [-0.2, 0) is 9.47 Å². The molecule has 11 heteroatoms. The van der Waals surface area contributed by atoms with Gasteiger partial charge in [0.25, 0.3) is 0 Å². The van der Waals surface area contributed by atoms with E-state index in [1.165, 1.54) is 18.7 Å². The summed E-state index contributed by atoms with van der Waals surface area (Å²) in [6.07, 6.45) is 3.32. The van der Waals surface area contributed by atoms with Crippen LogP contribution in [0.1, 0.15) is 12.0 Å². The van der Waals surface area contributed by atoms with Gasteiger partial charge in [0, 0.05) is 48.0 Å². The van der Waals surface area contributed by atoms with Gasteiger partial charge in [0.15, 0.2) is 5.82 Å². The zero-order chi connectivity index (χ0) is 24.5. The molecule has 5 heterocycles. The number of amides is 1. The fourth-order valence-corrected chi connectivity index (χ4v) is 4.57. The number of aromatic nitrogens is 2. The maximum Gasteiger partial charge on any atom is 0.410 e. The van der Waals surface area contributed by atoms with Gasteiger partial charge in [-0.05, 0) is 36.4 Å². The first kappa shape index (κ1) is 23.1. The van der Waals surface area contributed by atoms with Crippen molar-refractivity contribution in [2.24, 2.45) is 5.92 Å². The van der Waals surface area contributed by atoms with Crippen LogP contribution in [0.3, 0.4) is 0 Å². The Labute approximate surface area is 200 Å². The molecule has 2 unspecified atom stereocenters. The summed E-state index contributed by atoms with van der Waals surface area (Å²) in [7, 11) is 0. The summed E-state index contributed by atoms with van der Waals surface area (Å²) in [6, 6.07) is 3.11. The van der Waals surface area contributed by atoms with Gasteiger partial charge < -0.3 is 30.4 Å². The molecule has 0 spiro atoms. The van der Waals surface area contributed by atoms with Crippen molar-refractivity contribution in [3.8, 4) is 17.0 Å². The number of anilines is 3. The Morgan fingerprint density at radius 3 is 2.89 bits per heavy atom. The number of nitrogen functional groups attached to an aromatic ring is 1. The predicted molar refractivity (Wildman–Crippen MR) is 128 cm³/mol. The molecule has 0 saturated carbocycles. The number of carbonyl (C=O) groups is 1. The number of hydrogen-bond acceptors (Lipinski definition) is 8. The Hall–Kier alpha value is -3.70. The molecule has 0 aliphatic carbocycles. The van der Waals surface area contributed by atoms with Crippen LogP contribution in [0.2, 0.25) is 0 Å². The number of nitrogens with zero attached hydrogens (tertiary/aromatic N) is 2. The molecular formula is C24H26FN5O5. The summed E-state index contributed by atoms with van der Waals surface area (Å²) >= 11 is 0. The van der Waals surface area contributed by atoms with Crippen molar-refractivity contribution in [3.63, 3.8) is 0 Å². The first-order valence-corrected chi connectivity index (χ1v) is 11.4. The lowest BCUT2D eigenvalue weighted by molar-refractivity contribution is 0.0710. The van der Waals surface area contributed by atoms with E-state index < -0.39 is 11.9 Å². The second-order valence-electron chi connectivity index (χ2n) is 8.62. The lowest BCUT2D eigenvalue weighted by Crippen LogP contribution is -2.20. The number of ether oxygens (including phenoxy) is 3. The van der Waals surface area contributed by atoms with Crippen molar-refractivity contribution in [1.82, 2.24) is 9.97 Å². The SMILES string of the molecule is C1CC2COCC2O1.Cc1c(-c2cc3cc(NC(=O)O)ncc3c(N)c2F)cnc2c1NCCO2. The smallest absolute Gasteiger partial charge is 0.410 e. The first-order chi connectivity index (χ1) is 16.9. The minimum absolute atomic E-state index is 0.0572. The average Bonchev–Trinajstić information content (AvgIpc) is 3.48. The van der Waals surface area contributed by atoms with Gasteiger partial charge in [-0.1, -0.05) is 0 Å². The average molecular weight is 484 g/mol. The highest BCUT2D eigenvalue weighted by molar-refractivity contribution is 5.99. The second-order valence-corrected chi connectivity index (χ2v) is 8.62. The molecule has 10 nitrogen and oxygen atoms in total. The van der Waals surface area contributed by atoms with Gasteiger partial charge in [-0.25, -0.2) is 19.2 Å². The first-order valence-electron chi connectivity index (χ1n) is 11.4. The number of benzene rings is 1. The Morgan fingerprint density at radius 1 is 1.23 bits per heavy atom. The van der Waals surface area contributed by atoms with Crippen LogP contribution >= 0.6 is 0 Å². The summed E-state index contributed by atoms with van der Waals surface area (Å²) in [4.78, 5) is 19.1. The van der Waals surface area contributed by atoms with Crippen LogP contribution in [0.15, 0.2) is 24.5 Å². The molecule has 35 heavy (non-hydrogen) atoms. The van der Waals surface area contributed by atoms with E-state index in [9.17, 15) is 9.18 Å². The van der Waals surface area contributed by atoms with Gasteiger partial charge in [0.1, 0.15) is 18.1 Å². The number of nitrogens with two attached hydrogens (primary N) is 1. The number of carboxylic acid groups (broad SMARTS) is 1. The van der Waals surface area contributed by atoms with E-state index in [0.29, 0.717) is 41.5 Å². The van der Waals surface area contributed by atoms with E-state index in [-0.39, 0.29) is 17.1 Å². The highest BCUT2D eigenvalue weighted by Gasteiger charge is 2.33. The van der Waals surface area contributed by atoms with Gasteiger partial charge in [-0.3, -0.25) is 5.32 Å². The van der Waals surface area contributed by atoms with Crippen molar-refractivity contribution in [3.05, 3.63) is 35.9 Å². The molecule has 6 rings (SSSR count). The molecule has 0 radical (unpaired) electrons. The Balaban J connectivity index is 0.000000265. The highest BCUT2D eigenvalue weighted by atomic mass is 19.1. The van der Waals surface area contributed by atoms with E-state index in [0.717, 1.165) is 37.0 Å². The molecule has 1 amide bonds. The van der Waals surface area contributed by atoms with Crippen LogP contribution in [0, 0.1) is 18.7 Å². The largest absolute Gasteiger partial charge is 0.474 e. The van der Waals surface area contributed by atoms with E-state index in [1.807, 2.05) is 6.92 Å². The molecule has 3 aromatic rings. The zero-order valence-electron chi connectivity index (χ0n) is 19.1.